The summed E-state index contributed by atoms with van der Waals surface area (Å²) in [6, 6.07) is 5.15. The minimum atomic E-state index is -0.183. The molecule has 3 nitrogen and oxygen atoms in total. The maximum atomic E-state index is 9.88. The second-order valence-electron chi connectivity index (χ2n) is 4.29. The SMILES string of the molecule is N#Cc1cc(Br)c(O)c([C@@H](N)CC2CC2)c1. The summed E-state index contributed by atoms with van der Waals surface area (Å²) in [6.45, 7) is 0. The number of nitrogens with zero attached hydrogens (tertiary/aromatic N) is 1. The maximum absolute atomic E-state index is 9.88. The van der Waals surface area contributed by atoms with E-state index in [-0.39, 0.29) is 11.8 Å². The van der Waals surface area contributed by atoms with Crippen molar-refractivity contribution in [1.82, 2.24) is 0 Å². The summed E-state index contributed by atoms with van der Waals surface area (Å²) in [5.41, 5.74) is 7.22. The van der Waals surface area contributed by atoms with Gasteiger partial charge in [-0.15, -0.1) is 0 Å². The highest BCUT2D eigenvalue weighted by molar-refractivity contribution is 9.10. The lowest BCUT2D eigenvalue weighted by Crippen LogP contribution is -2.11. The van der Waals surface area contributed by atoms with Gasteiger partial charge in [0.2, 0.25) is 0 Å². The van der Waals surface area contributed by atoms with Gasteiger partial charge >= 0.3 is 0 Å². The quantitative estimate of drug-likeness (QED) is 0.895. The fourth-order valence-corrected chi connectivity index (χ4v) is 2.28. The van der Waals surface area contributed by atoms with E-state index in [0.717, 1.165) is 6.42 Å². The molecule has 0 amide bonds. The van der Waals surface area contributed by atoms with E-state index in [0.29, 0.717) is 21.5 Å². The molecule has 1 fully saturated rings. The fourth-order valence-electron chi connectivity index (χ4n) is 1.81. The zero-order valence-electron chi connectivity index (χ0n) is 8.78. The van der Waals surface area contributed by atoms with E-state index in [1.165, 1.54) is 12.8 Å². The van der Waals surface area contributed by atoms with Crippen LogP contribution in [0.4, 0.5) is 0 Å². The number of nitrogens with two attached hydrogens (primary N) is 1. The molecule has 0 aromatic heterocycles. The van der Waals surface area contributed by atoms with Crippen molar-refractivity contribution in [2.45, 2.75) is 25.3 Å². The van der Waals surface area contributed by atoms with Crippen LogP contribution in [0.2, 0.25) is 0 Å². The Balaban J connectivity index is 2.30. The van der Waals surface area contributed by atoms with Crippen LogP contribution in [0.5, 0.6) is 5.75 Å². The number of hydrogen-bond donors (Lipinski definition) is 2. The number of halogens is 1. The summed E-state index contributed by atoms with van der Waals surface area (Å²) < 4.78 is 0.535. The molecule has 0 heterocycles. The van der Waals surface area contributed by atoms with E-state index in [9.17, 15) is 5.11 Å². The van der Waals surface area contributed by atoms with Crippen molar-refractivity contribution in [3.8, 4) is 11.8 Å². The molecule has 1 aliphatic carbocycles. The Kier molecular flexibility index (Phi) is 3.17. The van der Waals surface area contributed by atoms with Crippen molar-refractivity contribution in [3.05, 3.63) is 27.7 Å². The Hall–Kier alpha value is -1.05. The highest BCUT2D eigenvalue weighted by Crippen LogP contribution is 2.40. The monoisotopic (exact) mass is 280 g/mol. The molecule has 1 aromatic carbocycles. The molecule has 0 aliphatic heterocycles. The van der Waals surface area contributed by atoms with Crippen molar-refractivity contribution >= 4 is 15.9 Å². The van der Waals surface area contributed by atoms with E-state index < -0.39 is 0 Å². The highest BCUT2D eigenvalue weighted by Gasteiger charge is 2.26. The zero-order valence-corrected chi connectivity index (χ0v) is 10.4. The Morgan fingerprint density at radius 3 is 2.81 bits per heavy atom. The molecule has 0 spiro atoms. The van der Waals surface area contributed by atoms with Gasteiger partial charge < -0.3 is 10.8 Å². The number of aromatic hydroxyl groups is 1. The third-order valence-corrected chi connectivity index (χ3v) is 3.51. The average Bonchev–Trinajstić information content (AvgIpc) is 3.05. The normalized spacial score (nSPS) is 16.8. The number of nitriles is 1. The smallest absolute Gasteiger partial charge is 0.134 e. The number of benzene rings is 1. The van der Waals surface area contributed by atoms with Gasteiger partial charge in [-0.1, -0.05) is 12.8 Å². The first kappa shape index (κ1) is 11.4. The molecule has 0 radical (unpaired) electrons. The largest absolute Gasteiger partial charge is 0.506 e. The summed E-state index contributed by atoms with van der Waals surface area (Å²) in [6.07, 6.45) is 3.34. The second kappa shape index (κ2) is 4.44. The predicted octanol–water partition coefficient (Wildman–Crippen LogP) is 2.83. The fraction of sp³-hybridized carbons (Fsp3) is 0.417. The Morgan fingerprint density at radius 1 is 1.56 bits per heavy atom. The van der Waals surface area contributed by atoms with Crippen LogP contribution in [0.15, 0.2) is 16.6 Å². The zero-order chi connectivity index (χ0) is 11.7. The highest BCUT2D eigenvalue weighted by atomic mass is 79.9. The minimum Gasteiger partial charge on any atom is -0.506 e. The first-order valence-corrected chi connectivity index (χ1v) is 6.09. The third-order valence-electron chi connectivity index (χ3n) is 2.91. The van der Waals surface area contributed by atoms with Crippen molar-refractivity contribution in [2.75, 3.05) is 0 Å². The van der Waals surface area contributed by atoms with Gasteiger partial charge in [0, 0.05) is 11.6 Å². The molecule has 0 bridgehead atoms. The summed E-state index contributed by atoms with van der Waals surface area (Å²) in [7, 11) is 0. The lowest BCUT2D eigenvalue weighted by atomic mass is 9.99. The molecule has 1 aliphatic rings. The molecule has 1 saturated carbocycles. The molecule has 2 rings (SSSR count). The lowest BCUT2D eigenvalue weighted by molar-refractivity contribution is 0.452. The van der Waals surface area contributed by atoms with Crippen molar-refractivity contribution in [3.63, 3.8) is 0 Å². The van der Waals surface area contributed by atoms with Crippen LogP contribution in [0.1, 0.15) is 36.4 Å². The van der Waals surface area contributed by atoms with Crippen LogP contribution >= 0.6 is 15.9 Å². The molecular weight excluding hydrogens is 268 g/mol. The van der Waals surface area contributed by atoms with Crippen molar-refractivity contribution < 1.29 is 5.11 Å². The van der Waals surface area contributed by atoms with Gasteiger partial charge in [0.05, 0.1) is 16.1 Å². The third kappa shape index (κ3) is 2.37. The van der Waals surface area contributed by atoms with Gasteiger partial charge in [-0.2, -0.15) is 5.26 Å². The van der Waals surface area contributed by atoms with E-state index >= 15 is 0 Å². The van der Waals surface area contributed by atoms with E-state index in [4.69, 9.17) is 11.0 Å². The van der Waals surface area contributed by atoms with Gasteiger partial charge in [0.25, 0.3) is 0 Å². The molecule has 4 heteroatoms. The van der Waals surface area contributed by atoms with Gasteiger partial charge in [-0.25, -0.2) is 0 Å². The molecule has 0 unspecified atom stereocenters. The molecule has 84 valence electrons. The van der Waals surface area contributed by atoms with Crippen LogP contribution in [0, 0.1) is 17.2 Å². The maximum Gasteiger partial charge on any atom is 0.134 e. The summed E-state index contributed by atoms with van der Waals surface area (Å²) in [5.74, 6) is 0.853. The van der Waals surface area contributed by atoms with E-state index in [1.54, 1.807) is 12.1 Å². The first-order chi connectivity index (χ1) is 7.61. The predicted molar refractivity (Wildman–Crippen MR) is 64.8 cm³/mol. The molecule has 1 atom stereocenters. The van der Waals surface area contributed by atoms with Gasteiger partial charge in [-0.05, 0) is 40.4 Å². The topological polar surface area (TPSA) is 70.0 Å². The van der Waals surface area contributed by atoms with Crippen LogP contribution in [-0.4, -0.2) is 5.11 Å². The number of phenols is 1. The molecule has 3 N–H and O–H groups in total. The standard InChI is InChI=1S/C12H13BrN2O/c13-10-4-8(6-14)3-9(12(10)16)11(15)5-7-1-2-7/h3-4,7,11,16H,1-2,5,15H2/t11-/m0/s1. The Labute approximate surface area is 103 Å². The number of rotatable bonds is 3. The molecular formula is C12H13BrN2O. The van der Waals surface area contributed by atoms with Crippen molar-refractivity contribution in [1.29, 1.82) is 5.26 Å². The average molecular weight is 281 g/mol. The first-order valence-electron chi connectivity index (χ1n) is 5.30. The van der Waals surface area contributed by atoms with Crippen LogP contribution in [0.3, 0.4) is 0 Å². The summed E-state index contributed by atoms with van der Waals surface area (Å²) in [4.78, 5) is 0. The van der Waals surface area contributed by atoms with Crippen LogP contribution in [-0.2, 0) is 0 Å². The number of phenolic OH excluding ortho intramolecular Hbond substituents is 1. The van der Waals surface area contributed by atoms with Crippen LogP contribution < -0.4 is 5.73 Å². The van der Waals surface area contributed by atoms with Gasteiger partial charge in [0.15, 0.2) is 0 Å². The Morgan fingerprint density at radius 2 is 2.25 bits per heavy atom. The second-order valence-corrected chi connectivity index (χ2v) is 5.15. The van der Waals surface area contributed by atoms with Gasteiger partial charge in [-0.3, -0.25) is 0 Å². The van der Waals surface area contributed by atoms with E-state index in [2.05, 4.69) is 22.0 Å². The number of hydrogen-bond acceptors (Lipinski definition) is 3. The summed E-state index contributed by atoms with van der Waals surface area (Å²) in [5, 5.41) is 18.7. The summed E-state index contributed by atoms with van der Waals surface area (Å²) >= 11 is 3.23. The van der Waals surface area contributed by atoms with E-state index in [1.807, 2.05) is 0 Å². The molecule has 0 saturated heterocycles. The molecule has 16 heavy (non-hydrogen) atoms. The Bertz CT molecular complexity index is 449. The lowest BCUT2D eigenvalue weighted by Gasteiger charge is -2.14. The van der Waals surface area contributed by atoms with Crippen molar-refractivity contribution in [2.24, 2.45) is 11.7 Å². The minimum absolute atomic E-state index is 0.159. The van der Waals surface area contributed by atoms with Crippen LogP contribution in [0.25, 0.3) is 0 Å². The van der Waals surface area contributed by atoms with Gasteiger partial charge in [0.1, 0.15) is 5.75 Å². The molecule has 1 aromatic rings.